The summed E-state index contributed by atoms with van der Waals surface area (Å²) in [5.74, 6) is 0.948. The molecule has 0 bridgehead atoms. The summed E-state index contributed by atoms with van der Waals surface area (Å²) in [6.07, 6.45) is 0. The van der Waals surface area contributed by atoms with Gasteiger partial charge in [0, 0.05) is 22.1 Å². The smallest absolute Gasteiger partial charge is 0.137 e. The van der Waals surface area contributed by atoms with E-state index in [2.05, 4.69) is 0 Å². The molecule has 0 aromatic heterocycles. The summed E-state index contributed by atoms with van der Waals surface area (Å²) in [4.78, 5) is 0. The van der Waals surface area contributed by atoms with Crippen LogP contribution in [0.4, 0.5) is 0 Å². The van der Waals surface area contributed by atoms with Crippen LogP contribution in [0.3, 0.4) is 0 Å². The topological polar surface area (TPSA) is 82.8 Å². The van der Waals surface area contributed by atoms with E-state index in [1.807, 2.05) is 19.1 Å². The van der Waals surface area contributed by atoms with Gasteiger partial charge in [-0.1, -0.05) is 12.1 Å². The second kappa shape index (κ2) is 5.14. The Kier molecular flexibility index (Phi) is 3.15. The van der Waals surface area contributed by atoms with Gasteiger partial charge in [-0.2, -0.15) is 0 Å². The van der Waals surface area contributed by atoms with Gasteiger partial charge in [-0.3, -0.25) is 5.41 Å². The molecule has 0 heterocycles. The average molecular weight is 335 g/mol. The predicted molar refractivity (Wildman–Crippen MR) is 96.5 cm³/mol. The van der Waals surface area contributed by atoms with E-state index in [0.29, 0.717) is 44.5 Å². The zero-order chi connectivity index (χ0) is 17.9. The lowest BCUT2D eigenvalue weighted by Gasteiger charge is -2.15. The molecular formula is C20H17NO4. The number of phenols is 2. The van der Waals surface area contributed by atoms with Crippen molar-refractivity contribution in [3.05, 3.63) is 47.0 Å². The van der Waals surface area contributed by atoms with E-state index in [1.165, 1.54) is 7.11 Å². The van der Waals surface area contributed by atoms with Crippen LogP contribution in [-0.4, -0.2) is 30.1 Å². The SMILES string of the molecule is COc1cc(C)cc2c1-c1c(c(O)c3c(OC)cccc3c1O)C2=N. The zero-order valence-corrected chi connectivity index (χ0v) is 14.1. The minimum Gasteiger partial charge on any atom is -0.507 e. The van der Waals surface area contributed by atoms with Crippen molar-refractivity contribution in [1.29, 1.82) is 5.41 Å². The van der Waals surface area contributed by atoms with Crippen molar-refractivity contribution in [2.75, 3.05) is 14.2 Å². The van der Waals surface area contributed by atoms with Crippen molar-refractivity contribution in [3.63, 3.8) is 0 Å². The van der Waals surface area contributed by atoms with Gasteiger partial charge < -0.3 is 19.7 Å². The number of phenolic OH excluding ortho intramolecular Hbond substituents is 2. The number of fused-ring (bicyclic) bond motifs is 4. The first-order valence-corrected chi connectivity index (χ1v) is 7.82. The van der Waals surface area contributed by atoms with Gasteiger partial charge in [0.1, 0.15) is 23.0 Å². The fourth-order valence-electron chi connectivity index (χ4n) is 3.63. The van der Waals surface area contributed by atoms with E-state index < -0.39 is 0 Å². The minimum absolute atomic E-state index is 0.00681. The molecule has 1 aliphatic carbocycles. The molecule has 3 aromatic rings. The molecule has 0 fully saturated rings. The zero-order valence-electron chi connectivity index (χ0n) is 14.1. The van der Waals surface area contributed by atoms with E-state index in [4.69, 9.17) is 14.9 Å². The summed E-state index contributed by atoms with van der Waals surface area (Å²) in [5.41, 5.74) is 3.09. The molecule has 5 heteroatoms. The number of rotatable bonds is 2. The molecule has 126 valence electrons. The van der Waals surface area contributed by atoms with Gasteiger partial charge in [-0.25, -0.2) is 0 Å². The fraction of sp³-hybridized carbons (Fsp3) is 0.150. The van der Waals surface area contributed by atoms with Crippen molar-refractivity contribution in [1.82, 2.24) is 0 Å². The lowest BCUT2D eigenvalue weighted by Crippen LogP contribution is -1.98. The molecule has 0 saturated carbocycles. The quantitative estimate of drug-likeness (QED) is 0.484. The Morgan fingerprint density at radius 1 is 0.880 bits per heavy atom. The summed E-state index contributed by atoms with van der Waals surface area (Å²) in [5, 5.41) is 31.3. The van der Waals surface area contributed by atoms with Crippen LogP contribution in [0.1, 0.15) is 16.7 Å². The van der Waals surface area contributed by atoms with Gasteiger partial charge in [-0.05, 0) is 30.7 Å². The monoisotopic (exact) mass is 335 g/mol. The van der Waals surface area contributed by atoms with Crippen molar-refractivity contribution in [2.45, 2.75) is 6.92 Å². The Morgan fingerprint density at radius 3 is 2.28 bits per heavy atom. The van der Waals surface area contributed by atoms with Crippen LogP contribution in [0.5, 0.6) is 23.0 Å². The maximum Gasteiger partial charge on any atom is 0.137 e. The number of benzene rings is 3. The predicted octanol–water partition coefficient (Wildman–Crippen LogP) is 3.97. The molecule has 0 spiro atoms. The number of aromatic hydroxyl groups is 2. The Morgan fingerprint density at radius 2 is 1.60 bits per heavy atom. The van der Waals surface area contributed by atoms with Crippen LogP contribution in [-0.2, 0) is 0 Å². The van der Waals surface area contributed by atoms with E-state index in [-0.39, 0.29) is 17.2 Å². The summed E-state index contributed by atoms with van der Waals surface area (Å²) in [6.45, 7) is 1.91. The first kappa shape index (κ1) is 15.3. The molecule has 0 amide bonds. The van der Waals surface area contributed by atoms with Crippen LogP contribution in [0.15, 0.2) is 30.3 Å². The molecule has 0 aliphatic heterocycles. The molecule has 0 saturated heterocycles. The number of hydrogen-bond donors (Lipinski definition) is 3. The molecule has 3 N–H and O–H groups in total. The van der Waals surface area contributed by atoms with Crippen molar-refractivity contribution >= 4 is 16.5 Å². The maximum absolute atomic E-state index is 10.9. The third-order valence-corrected chi connectivity index (χ3v) is 4.70. The van der Waals surface area contributed by atoms with Gasteiger partial charge in [0.05, 0.1) is 30.9 Å². The van der Waals surface area contributed by atoms with Gasteiger partial charge in [0.15, 0.2) is 0 Å². The second-order valence-electron chi connectivity index (χ2n) is 6.09. The molecule has 1 aliphatic rings. The number of methoxy groups -OCH3 is 2. The normalized spacial score (nSPS) is 12.2. The van der Waals surface area contributed by atoms with Gasteiger partial charge >= 0.3 is 0 Å². The molecule has 5 nitrogen and oxygen atoms in total. The fourth-order valence-corrected chi connectivity index (χ4v) is 3.63. The molecule has 25 heavy (non-hydrogen) atoms. The number of nitrogens with one attached hydrogen (secondary N) is 1. The second-order valence-corrected chi connectivity index (χ2v) is 6.09. The third kappa shape index (κ3) is 1.86. The van der Waals surface area contributed by atoms with Gasteiger partial charge in [0.25, 0.3) is 0 Å². The largest absolute Gasteiger partial charge is 0.507 e. The molecule has 0 unspecified atom stereocenters. The molecule has 3 aromatic carbocycles. The maximum atomic E-state index is 10.9. The van der Waals surface area contributed by atoms with Crippen molar-refractivity contribution in [3.8, 4) is 34.1 Å². The summed E-state index contributed by atoms with van der Waals surface area (Å²) in [6, 6.07) is 8.90. The summed E-state index contributed by atoms with van der Waals surface area (Å²) in [7, 11) is 3.06. The highest BCUT2D eigenvalue weighted by Crippen LogP contribution is 2.55. The van der Waals surface area contributed by atoms with E-state index in [0.717, 1.165) is 5.56 Å². The summed E-state index contributed by atoms with van der Waals surface area (Å²) >= 11 is 0. The first-order chi connectivity index (χ1) is 12.0. The Hall–Kier alpha value is -3.21. The lowest BCUT2D eigenvalue weighted by molar-refractivity contribution is 0.414. The van der Waals surface area contributed by atoms with Crippen molar-refractivity contribution in [2.24, 2.45) is 0 Å². The lowest BCUT2D eigenvalue weighted by atomic mass is 9.96. The number of aryl methyl sites for hydroxylation is 1. The Bertz CT molecular complexity index is 1070. The average Bonchev–Trinajstić information content (AvgIpc) is 2.91. The Balaban J connectivity index is 2.22. The van der Waals surface area contributed by atoms with Crippen molar-refractivity contribution < 1.29 is 19.7 Å². The molecular weight excluding hydrogens is 318 g/mol. The standard InChI is InChI=1S/C20H17NO4/c1-9-7-11-14(13(8-9)25-3)16-17(18(11)21)20(23)15-10(19(16)22)5-4-6-12(15)24-2/h4-8,21-23H,1-3H3. The van der Waals surface area contributed by atoms with Crippen LogP contribution >= 0.6 is 0 Å². The molecule has 4 rings (SSSR count). The van der Waals surface area contributed by atoms with Crippen LogP contribution in [0.2, 0.25) is 0 Å². The van der Waals surface area contributed by atoms with E-state index >= 15 is 0 Å². The minimum atomic E-state index is -0.0684. The third-order valence-electron chi connectivity index (χ3n) is 4.70. The van der Waals surface area contributed by atoms with Crippen LogP contribution in [0.25, 0.3) is 21.9 Å². The highest BCUT2D eigenvalue weighted by molar-refractivity contribution is 6.29. The summed E-state index contributed by atoms with van der Waals surface area (Å²) < 4.78 is 10.8. The Labute approximate surface area is 144 Å². The van der Waals surface area contributed by atoms with Gasteiger partial charge in [-0.15, -0.1) is 0 Å². The first-order valence-electron chi connectivity index (χ1n) is 7.82. The van der Waals surface area contributed by atoms with Crippen LogP contribution < -0.4 is 9.47 Å². The van der Waals surface area contributed by atoms with E-state index in [9.17, 15) is 10.2 Å². The number of hydrogen-bond acceptors (Lipinski definition) is 5. The number of ether oxygens (including phenoxy) is 2. The van der Waals surface area contributed by atoms with E-state index in [1.54, 1.807) is 25.3 Å². The highest BCUT2D eigenvalue weighted by atomic mass is 16.5. The highest BCUT2D eigenvalue weighted by Gasteiger charge is 2.35. The molecule has 0 radical (unpaired) electrons. The molecule has 0 atom stereocenters. The van der Waals surface area contributed by atoms with Crippen LogP contribution in [0, 0.1) is 12.3 Å². The van der Waals surface area contributed by atoms with Gasteiger partial charge in [0.2, 0.25) is 0 Å².